The second kappa shape index (κ2) is 6.99. The lowest BCUT2D eigenvalue weighted by molar-refractivity contribution is 0.0619. The molecule has 6 N–H and O–H groups in total. The van der Waals surface area contributed by atoms with Gasteiger partial charge in [-0.15, -0.1) is 0 Å². The fourth-order valence-electron chi connectivity index (χ4n) is 2.38. The van der Waals surface area contributed by atoms with Crippen LogP contribution in [0.2, 0.25) is 0 Å². The first-order valence-corrected chi connectivity index (χ1v) is 10.4. The second-order valence-electron chi connectivity index (χ2n) is 4.96. The third-order valence-electron chi connectivity index (χ3n) is 3.66. The standard InChI is InChI=1S/C10H22O8P2/c11-3-1-5-19(17)7(13)9(15)20(18,6-2-4-12)10(16)8(19)14/h7-16H,1-6H2. The average molecular weight is 332 g/mol. The van der Waals surface area contributed by atoms with Gasteiger partial charge in [-0.1, -0.05) is 0 Å². The molecule has 0 radical (unpaired) electrons. The number of aliphatic hydroxyl groups is 6. The van der Waals surface area contributed by atoms with Crippen molar-refractivity contribution >= 4 is 14.3 Å². The Morgan fingerprint density at radius 1 is 0.650 bits per heavy atom. The molecule has 0 saturated carbocycles. The zero-order valence-electron chi connectivity index (χ0n) is 10.9. The van der Waals surface area contributed by atoms with Crippen molar-refractivity contribution < 1.29 is 39.8 Å². The Kier molecular flexibility index (Phi) is 6.38. The van der Waals surface area contributed by atoms with Gasteiger partial charge < -0.3 is 39.8 Å². The summed E-state index contributed by atoms with van der Waals surface area (Å²) in [4.78, 5) is 0. The lowest BCUT2D eigenvalue weighted by atomic mass is 10.5. The van der Waals surface area contributed by atoms with Crippen LogP contribution >= 0.6 is 14.3 Å². The van der Waals surface area contributed by atoms with Gasteiger partial charge in [-0.25, -0.2) is 0 Å². The van der Waals surface area contributed by atoms with Gasteiger partial charge >= 0.3 is 0 Å². The first kappa shape index (κ1) is 18.3. The molecule has 0 spiro atoms. The molecular formula is C10H22O8P2. The van der Waals surface area contributed by atoms with E-state index in [4.69, 9.17) is 10.2 Å². The highest BCUT2D eigenvalue weighted by atomic mass is 31.2. The Morgan fingerprint density at radius 2 is 0.900 bits per heavy atom. The van der Waals surface area contributed by atoms with Gasteiger partial charge in [-0.2, -0.15) is 0 Å². The molecule has 10 heteroatoms. The van der Waals surface area contributed by atoms with Crippen LogP contribution < -0.4 is 0 Å². The van der Waals surface area contributed by atoms with Gasteiger partial charge in [0.2, 0.25) is 0 Å². The van der Waals surface area contributed by atoms with Crippen LogP contribution in [0, 0.1) is 0 Å². The Balaban J connectivity index is 3.08. The fraction of sp³-hybridized carbons (Fsp3) is 1.00. The van der Waals surface area contributed by atoms with E-state index in [1.165, 1.54) is 0 Å². The molecule has 0 amide bonds. The van der Waals surface area contributed by atoms with E-state index in [9.17, 15) is 29.6 Å². The summed E-state index contributed by atoms with van der Waals surface area (Å²) in [6, 6.07) is 0. The topological polar surface area (TPSA) is 156 Å². The molecule has 120 valence electrons. The predicted octanol–water partition coefficient (Wildman–Crippen LogP) is -1.24. The maximum atomic E-state index is 12.5. The van der Waals surface area contributed by atoms with E-state index >= 15 is 0 Å². The Hall–Kier alpha value is 0.220. The molecule has 0 bridgehead atoms. The molecule has 0 aromatic carbocycles. The first-order valence-electron chi connectivity index (χ1n) is 6.36. The molecule has 1 fully saturated rings. The molecule has 1 saturated heterocycles. The second-order valence-corrected chi connectivity index (χ2v) is 11.4. The number of hydrogen-bond donors (Lipinski definition) is 6. The van der Waals surface area contributed by atoms with Gasteiger partial charge in [-0.05, 0) is 12.8 Å². The Morgan fingerprint density at radius 3 is 1.10 bits per heavy atom. The maximum absolute atomic E-state index is 12.5. The predicted molar refractivity (Wildman–Crippen MR) is 72.4 cm³/mol. The molecule has 1 aliphatic rings. The van der Waals surface area contributed by atoms with E-state index in [0.717, 1.165) is 0 Å². The summed E-state index contributed by atoms with van der Waals surface area (Å²) in [7, 11) is -7.64. The smallest absolute Gasteiger partial charge is 0.148 e. The largest absolute Gasteiger partial charge is 0.396 e. The molecule has 1 heterocycles. The lowest BCUT2D eigenvalue weighted by Gasteiger charge is -2.44. The summed E-state index contributed by atoms with van der Waals surface area (Å²) >= 11 is 0. The van der Waals surface area contributed by atoms with Crippen LogP contribution in [0.15, 0.2) is 0 Å². The molecule has 8 nitrogen and oxygen atoms in total. The van der Waals surface area contributed by atoms with Gasteiger partial charge in [0.25, 0.3) is 0 Å². The third kappa shape index (κ3) is 3.03. The highest BCUT2D eigenvalue weighted by Gasteiger charge is 2.60. The minimum atomic E-state index is -3.82. The van der Waals surface area contributed by atoms with Crippen molar-refractivity contribution in [3.63, 3.8) is 0 Å². The highest BCUT2D eigenvalue weighted by molar-refractivity contribution is 7.72. The Bertz CT molecular complexity index is 352. The maximum Gasteiger partial charge on any atom is 0.148 e. The van der Waals surface area contributed by atoms with Crippen LogP contribution in [0.25, 0.3) is 0 Å². The molecule has 0 aliphatic carbocycles. The van der Waals surface area contributed by atoms with Crippen LogP contribution in [0.3, 0.4) is 0 Å². The van der Waals surface area contributed by atoms with Crippen LogP contribution in [0.4, 0.5) is 0 Å². The molecule has 4 unspecified atom stereocenters. The number of hydrogen-bond acceptors (Lipinski definition) is 8. The van der Waals surface area contributed by atoms with Gasteiger partial charge in [0.1, 0.15) is 37.7 Å². The minimum absolute atomic E-state index is 0.0196. The normalized spacial score (nSPS) is 45.5. The van der Waals surface area contributed by atoms with Crippen molar-refractivity contribution in [1.82, 2.24) is 0 Å². The lowest BCUT2D eigenvalue weighted by Crippen LogP contribution is -2.45. The highest BCUT2D eigenvalue weighted by Crippen LogP contribution is 2.72. The van der Waals surface area contributed by atoms with Crippen molar-refractivity contribution in [3.8, 4) is 0 Å². The van der Waals surface area contributed by atoms with Crippen LogP contribution in [0.5, 0.6) is 0 Å². The summed E-state index contributed by atoms with van der Waals surface area (Å²) < 4.78 is 25.1. The van der Waals surface area contributed by atoms with E-state index in [0.29, 0.717) is 0 Å². The van der Waals surface area contributed by atoms with E-state index in [2.05, 4.69) is 0 Å². The molecular weight excluding hydrogens is 310 g/mol. The van der Waals surface area contributed by atoms with Crippen molar-refractivity contribution in [2.24, 2.45) is 0 Å². The molecule has 1 rings (SSSR count). The van der Waals surface area contributed by atoms with E-state index in [1.54, 1.807) is 0 Å². The average Bonchev–Trinajstić information content (AvgIpc) is 2.45. The summed E-state index contributed by atoms with van der Waals surface area (Å²) in [6.07, 6.45) is -0.489. The van der Waals surface area contributed by atoms with Gasteiger partial charge in [0.05, 0.1) is 0 Å². The number of rotatable bonds is 6. The number of aliphatic hydroxyl groups excluding tert-OH is 6. The zero-order valence-corrected chi connectivity index (χ0v) is 12.7. The van der Waals surface area contributed by atoms with Gasteiger partial charge in [0.15, 0.2) is 0 Å². The van der Waals surface area contributed by atoms with E-state index < -0.39 is 37.7 Å². The third-order valence-corrected chi connectivity index (χ3v) is 10.9. The SMILES string of the molecule is O=P1(CCCO)C(O)C(O)P(=O)(CCCO)C(O)C1O. The minimum Gasteiger partial charge on any atom is -0.396 e. The Labute approximate surface area is 116 Å². The molecule has 0 aromatic heterocycles. The quantitative estimate of drug-likeness (QED) is 0.330. The van der Waals surface area contributed by atoms with Crippen molar-refractivity contribution in [2.45, 2.75) is 36.2 Å². The van der Waals surface area contributed by atoms with Gasteiger partial charge in [-0.3, -0.25) is 0 Å². The van der Waals surface area contributed by atoms with Crippen molar-refractivity contribution in [3.05, 3.63) is 0 Å². The van der Waals surface area contributed by atoms with Crippen molar-refractivity contribution in [1.29, 1.82) is 0 Å². The van der Waals surface area contributed by atoms with Crippen LogP contribution in [-0.2, 0) is 9.13 Å². The molecule has 1 aliphatic heterocycles. The summed E-state index contributed by atoms with van der Waals surface area (Å²) in [5, 5.41) is 57.3. The van der Waals surface area contributed by atoms with Crippen LogP contribution in [0.1, 0.15) is 12.8 Å². The summed E-state index contributed by atoms with van der Waals surface area (Å²) in [5.74, 6) is -7.62. The zero-order chi connectivity index (χ0) is 15.6. The first-order chi connectivity index (χ1) is 9.25. The monoisotopic (exact) mass is 332 g/mol. The van der Waals surface area contributed by atoms with Crippen LogP contribution in [-0.4, -0.2) is 79.6 Å². The molecule has 4 atom stereocenters. The van der Waals surface area contributed by atoms with E-state index in [1.807, 2.05) is 0 Å². The van der Waals surface area contributed by atoms with Gasteiger partial charge in [0, 0.05) is 25.5 Å². The summed E-state index contributed by atoms with van der Waals surface area (Å²) in [5.41, 5.74) is 0. The van der Waals surface area contributed by atoms with E-state index in [-0.39, 0.29) is 38.4 Å². The molecule has 0 aromatic rings. The summed E-state index contributed by atoms with van der Waals surface area (Å²) in [6.45, 7) is -0.643. The van der Waals surface area contributed by atoms with Crippen molar-refractivity contribution in [2.75, 3.05) is 25.5 Å². The molecule has 20 heavy (non-hydrogen) atoms. The fourth-order valence-corrected chi connectivity index (χ4v) is 9.85.